The molecule has 0 saturated heterocycles. The highest BCUT2D eigenvalue weighted by Crippen LogP contribution is 2.37. The minimum Gasteiger partial charge on any atom is -0.465 e. The van der Waals surface area contributed by atoms with Gasteiger partial charge in [0.15, 0.2) is 11.5 Å². The van der Waals surface area contributed by atoms with Crippen molar-refractivity contribution in [3.05, 3.63) is 29.3 Å². The third-order valence-electron chi connectivity index (χ3n) is 4.02. The molecule has 0 aliphatic carbocycles. The molecule has 28 heavy (non-hydrogen) atoms. The van der Waals surface area contributed by atoms with E-state index < -0.39 is 22.3 Å². The van der Waals surface area contributed by atoms with E-state index in [0.29, 0.717) is 36.5 Å². The molecule has 1 aliphatic rings. The Morgan fingerprint density at radius 1 is 1.32 bits per heavy atom. The summed E-state index contributed by atoms with van der Waals surface area (Å²) in [7, 11) is -3.72. The molecule has 12 heteroatoms. The van der Waals surface area contributed by atoms with Gasteiger partial charge in [-0.05, 0) is 37.5 Å². The van der Waals surface area contributed by atoms with Gasteiger partial charge >= 0.3 is 6.09 Å². The third kappa shape index (κ3) is 5.55. The molecule has 1 aromatic heterocycles. The lowest BCUT2D eigenvalue weighted by atomic mass is 10.1. The largest absolute Gasteiger partial charge is 0.465 e. The second kappa shape index (κ2) is 8.73. The lowest BCUT2D eigenvalue weighted by molar-refractivity contribution is 0.174. The van der Waals surface area contributed by atoms with Gasteiger partial charge in [-0.2, -0.15) is 8.42 Å². The van der Waals surface area contributed by atoms with Crippen molar-refractivity contribution in [3.63, 3.8) is 0 Å². The molecule has 1 unspecified atom stereocenters. The quantitative estimate of drug-likeness (QED) is 0.444. The monoisotopic (exact) mass is 428 g/mol. The summed E-state index contributed by atoms with van der Waals surface area (Å²) in [4.78, 5) is 15.7. The Bertz CT molecular complexity index is 946. The van der Waals surface area contributed by atoms with Crippen molar-refractivity contribution < 1.29 is 27.8 Å². The van der Waals surface area contributed by atoms with Gasteiger partial charge in [0.2, 0.25) is 6.79 Å². The Morgan fingerprint density at radius 2 is 2.11 bits per heavy atom. The molecule has 1 amide bonds. The smallest absolute Gasteiger partial charge is 0.405 e. The van der Waals surface area contributed by atoms with Crippen molar-refractivity contribution in [1.29, 1.82) is 0 Å². The summed E-state index contributed by atoms with van der Waals surface area (Å²) in [5.41, 5.74) is 1.46. The number of carboxylic acid groups (broad SMARTS) is 1. The zero-order valence-corrected chi connectivity index (χ0v) is 16.4. The van der Waals surface area contributed by atoms with E-state index >= 15 is 0 Å². The first-order valence-corrected chi connectivity index (χ1v) is 10.9. The maximum absolute atomic E-state index is 11.1. The number of nitrogens with one attached hydrogen (secondary N) is 2. The number of hydrogen-bond donors (Lipinski definition) is 4. The molecule has 0 fully saturated rings. The number of nitrogens with two attached hydrogens (primary N) is 1. The van der Waals surface area contributed by atoms with E-state index in [9.17, 15) is 13.2 Å². The zero-order valence-electron chi connectivity index (χ0n) is 14.8. The molecule has 2 heterocycles. The molecule has 10 nitrogen and oxygen atoms in total. The maximum Gasteiger partial charge on any atom is 0.405 e. The normalized spacial score (nSPS) is 14.0. The van der Waals surface area contributed by atoms with Crippen LogP contribution in [0.1, 0.15) is 31.0 Å². The van der Waals surface area contributed by atoms with E-state index in [1.165, 1.54) is 11.3 Å². The number of hydrogen-bond acceptors (Lipinski definition) is 7. The van der Waals surface area contributed by atoms with Crippen LogP contribution in [0.4, 0.5) is 4.79 Å². The fourth-order valence-electron chi connectivity index (χ4n) is 2.74. The molecule has 0 radical (unpaired) electrons. The summed E-state index contributed by atoms with van der Waals surface area (Å²) in [6, 6.07) is 5.02. The Hall–Kier alpha value is -2.41. The van der Waals surface area contributed by atoms with Gasteiger partial charge in [-0.1, -0.05) is 0 Å². The standard InChI is InChI=1S/C16H20N4O6S2/c17-28(23,24)18-6-2-1-3-11(20-16(21)22)12-8-27-15(19-12)10-4-5-13-14(7-10)26-9-25-13/h4-5,7-8,11,18,20H,1-3,6,9H2,(H,21,22)(H2,17,23,24). The predicted octanol–water partition coefficient (Wildman–Crippen LogP) is 1.81. The van der Waals surface area contributed by atoms with E-state index in [2.05, 4.69) is 15.0 Å². The maximum atomic E-state index is 11.1. The summed E-state index contributed by atoms with van der Waals surface area (Å²) in [6.45, 7) is 0.380. The third-order valence-corrected chi connectivity index (χ3v) is 5.54. The summed E-state index contributed by atoms with van der Waals surface area (Å²) >= 11 is 1.40. The molecule has 152 valence electrons. The van der Waals surface area contributed by atoms with Crippen LogP contribution in [0, 0.1) is 0 Å². The van der Waals surface area contributed by atoms with E-state index in [4.69, 9.17) is 19.7 Å². The molecule has 3 rings (SSSR count). The number of aromatic nitrogens is 1. The van der Waals surface area contributed by atoms with Gasteiger partial charge in [0, 0.05) is 17.5 Å². The lowest BCUT2D eigenvalue weighted by Gasteiger charge is -2.14. The number of rotatable bonds is 9. The highest BCUT2D eigenvalue weighted by atomic mass is 32.2. The second-order valence-electron chi connectivity index (χ2n) is 6.08. The summed E-state index contributed by atoms with van der Waals surface area (Å²) in [5, 5.41) is 19.0. The zero-order chi connectivity index (χ0) is 20.1. The van der Waals surface area contributed by atoms with Crippen LogP contribution in [-0.4, -0.2) is 37.9 Å². The molecule has 0 bridgehead atoms. The van der Waals surface area contributed by atoms with Gasteiger partial charge in [-0.25, -0.2) is 19.6 Å². The van der Waals surface area contributed by atoms with Crippen molar-refractivity contribution in [2.24, 2.45) is 5.14 Å². The second-order valence-corrected chi connectivity index (χ2v) is 8.32. The number of ether oxygens (including phenoxy) is 2. The highest BCUT2D eigenvalue weighted by molar-refractivity contribution is 7.87. The van der Waals surface area contributed by atoms with Gasteiger partial charge in [0.25, 0.3) is 10.2 Å². The minimum absolute atomic E-state index is 0.187. The van der Waals surface area contributed by atoms with Crippen molar-refractivity contribution in [2.75, 3.05) is 13.3 Å². The van der Waals surface area contributed by atoms with Gasteiger partial charge in [-0.3, -0.25) is 0 Å². The average molecular weight is 428 g/mol. The SMILES string of the molecule is NS(=O)(=O)NCCCCC(NC(=O)O)c1csc(-c2ccc3c(c2)OCO3)n1. The van der Waals surface area contributed by atoms with E-state index in [1.807, 2.05) is 23.6 Å². The topological polar surface area (TPSA) is 153 Å². The molecule has 1 aromatic carbocycles. The molecule has 1 aliphatic heterocycles. The van der Waals surface area contributed by atoms with Crippen LogP contribution in [0.2, 0.25) is 0 Å². The van der Waals surface area contributed by atoms with Crippen LogP contribution >= 0.6 is 11.3 Å². The Labute approximate surface area is 165 Å². The first kappa shape index (κ1) is 20.3. The number of carbonyl (C=O) groups is 1. The Morgan fingerprint density at radius 3 is 2.86 bits per heavy atom. The highest BCUT2D eigenvalue weighted by Gasteiger charge is 2.19. The van der Waals surface area contributed by atoms with Crippen LogP contribution in [0.3, 0.4) is 0 Å². The number of amides is 1. The van der Waals surface area contributed by atoms with Crippen LogP contribution in [-0.2, 0) is 10.2 Å². The lowest BCUT2D eigenvalue weighted by Crippen LogP contribution is -2.31. The fraction of sp³-hybridized carbons (Fsp3) is 0.375. The Kier molecular flexibility index (Phi) is 6.34. The summed E-state index contributed by atoms with van der Waals surface area (Å²) in [6.07, 6.45) is 0.436. The molecule has 1 atom stereocenters. The summed E-state index contributed by atoms with van der Waals surface area (Å²) < 4.78 is 34.6. The first-order valence-electron chi connectivity index (χ1n) is 8.44. The van der Waals surface area contributed by atoms with Gasteiger partial charge in [0.1, 0.15) is 5.01 Å². The summed E-state index contributed by atoms with van der Waals surface area (Å²) in [5.74, 6) is 1.33. The van der Waals surface area contributed by atoms with Crippen molar-refractivity contribution in [3.8, 4) is 22.1 Å². The molecule has 0 saturated carbocycles. The molecular weight excluding hydrogens is 408 g/mol. The van der Waals surface area contributed by atoms with Crippen LogP contribution < -0.4 is 24.7 Å². The number of nitrogens with zero attached hydrogens (tertiary/aromatic N) is 1. The van der Waals surface area contributed by atoms with E-state index in [0.717, 1.165) is 10.6 Å². The molecule has 2 aromatic rings. The van der Waals surface area contributed by atoms with Crippen LogP contribution in [0.15, 0.2) is 23.6 Å². The van der Waals surface area contributed by atoms with Crippen molar-refractivity contribution in [1.82, 2.24) is 15.0 Å². The van der Waals surface area contributed by atoms with E-state index in [1.54, 1.807) is 0 Å². The number of thiazole rings is 1. The predicted molar refractivity (Wildman–Crippen MR) is 103 cm³/mol. The number of benzene rings is 1. The molecule has 5 N–H and O–H groups in total. The first-order chi connectivity index (χ1) is 13.3. The van der Waals surface area contributed by atoms with Gasteiger partial charge in [0.05, 0.1) is 11.7 Å². The minimum atomic E-state index is -3.72. The number of fused-ring (bicyclic) bond motifs is 1. The Balaban J connectivity index is 1.65. The van der Waals surface area contributed by atoms with Crippen molar-refractivity contribution in [2.45, 2.75) is 25.3 Å². The van der Waals surface area contributed by atoms with Crippen LogP contribution in [0.25, 0.3) is 10.6 Å². The molecular formula is C16H20N4O6S2. The van der Waals surface area contributed by atoms with Gasteiger partial charge < -0.3 is 19.9 Å². The van der Waals surface area contributed by atoms with E-state index in [-0.39, 0.29) is 13.3 Å². The molecule has 0 spiro atoms. The van der Waals surface area contributed by atoms with Crippen molar-refractivity contribution >= 4 is 27.6 Å². The number of unbranched alkanes of at least 4 members (excludes halogenated alkanes) is 1. The van der Waals surface area contributed by atoms with Gasteiger partial charge in [-0.15, -0.1) is 11.3 Å². The fourth-order valence-corrected chi connectivity index (χ4v) is 4.04. The average Bonchev–Trinajstić information content (AvgIpc) is 3.27. The van der Waals surface area contributed by atoms with Crippen LogP contribution in [0.5, 0.6) is 11.5 Å².